The Morgan fingerprint density at radius 1 is 1.71 bits per heavy atom. The van der Waals surface area contributed by atoms with E-state index in [-0.39, 0.29) is 6.61 Å². The lowest BCUT2D eigenvalue weighted by Crippen LogP contribution is -2.17. The van der Waals surface area contributed by atoms with Gasteiger partial charge < -0.3 is 14.2 Å². The second-order valence-electron chi connectivity index (χ2n) is 2.48. The predicted octanol–water partition coefficient (Wildman–Crippen LogP) is 0.0994. The van der Waals surface area contributed by atoms with Crippen LogP contribution in [0.5, 0.6) is 0 Å². The molecule has 1 aliphatic rings. The standard InChI is InChI=1S/C8H11NO5/c1-12-7(10)6-13-4-2-9-3-5-14-8(9)11/h2,4H,3,5-6H2,1H3. The number of esters is 1. The highest BCUT2D eigenvalue weighted by molar-refractivity contribution is 5.71. The summed E-state index contributed by atoms with van der Waals surface area (Å²) >= 11 is 0. The molecular weight excluding hydrogens is 190 g/mol. The van der Waals surface area contributed by atoms with E-state index in [9.17, 15) is 9.59 Å². The third kappa shape index (κ3) is 2.96. The van der Waals surface area contributed by atoms with Crippen molar-refractivity contribution in [2.75, 3.05) is 26.9 Å². The van der Waals surface area contributed by atoms with Crippen molar-refractivity contribution in [2.45, 2.75) is 0 Å². The number of carbonyl (C=O) groups excluding carboxylic acids is 2. The van der Waals surface area contributed by atoms with Crippen LogP contribution in [0.3, 0.4) is 0 Å². The number of nitrogens with zero attached hydrogens (tertiary/aromatic N) is 1. The van der Waals surface area contributed by atoms with Gasteiger partial charge in [0.1, 0.15) is 12.9 Å². The van der Waals surface area contributed by atoms with Gasteiger partial charge in [0.25, 0.3) is 0 Å². The van der Waals surface area contributed by atoms with Crippen molar-refractivity contribution >= 4 is 12.1 Å². The average molecular weight is 201 g/mol. The van der Waals surface area contributed by atoms with E-state index in [0.29, 0.717) is 13.2 Å². The first-order chi connectivity index (χ1) is 6.74. The fourth-order valence-corrected chi connectivity index (χ4v) is 0.832. The molecule has 0 N–H and O–H groups in total. The van der Waals surface area contributed by atoms with Crippen LogP contribution >= 0.6 is 0 Å². The molecule has 1 saturated heterocycles. The lowest BCUT2D eigenvalue weighted by molar-refractivity contribution is -0.144. The van der Waals surface area contributed by atoms with Crippen LogP contribution < -0.4 is 0 Å². The smallest absolute Gasteiger partial charge is 0.414 e. The van der Waals surface area contributed by atoms with E-state index in [1.807, 2.05) is 0 Å². The van der Waals surface area contributed by atoms with Crippen LogP contribution in [0.1, 0.15) is 0 Å². The average Bonchev–Trinajstić information content (AvgIpc) is 2.58. The highest BCUT2D eigenvalue weighted by atomic mass is 16.6. The molecule has 0 unspecified atom stereocenters. The maximum absolute atomic E-state index is 10.9. The van der Waals surface area contributed by atoms with Gasteiger partial charge in [0, 0.05) is 6.20 Å². The molecule has 14 heavy (non-hydrogen) atoms. The van der Waals surface area contributed by atoms with Crippen LogP contribution in [0.2, 0.25) is 0 Å². The molecule has 0 atom stereocenters. The Morgan fingerprint density at radius 2 is 2.50 bits per heavy atom. The van der Waals surface area contributed by atoms with Gasteiger partial charge in [-0.15, -0.1) is 0 Å². The number of rotatable bonds is 4. The zero-order chi connectivity index (χ0) is 10.4. The Bertz CT molecular complexity index is 250. The van der Waals surface area contributed by atoms with Gasteiger partial charge in [-0.2, -0.15) is 0 Å². The zero-order valence-electron chi connectivity index (χ0n) is 7.76. The molecule has 0 radical (unpaired) electrons. The number of cyclic esters (lactones) is 1. The minimum absolute atomic E-state index is 0.171. The van der Waals surface area contributed by atoms with Gasteiger partial charge >= 0.3 is 12.1 Å². The Morgan fingerprint density at radius 3 is 3.07 bits per heavy atom. The van der Waals surface area contributed by atoms with Crippen LogP contribution in [-0.4, -0.2) is 43.8 Å². The van der Waals surface area contributed by atoms with Crippen molar-refractivity contribution in [3.05, 3.63) is 12.5 Å². The molecule has 1 rings (SSSR count). The Labute approximate surface area is 81.0 Å². The summed E-state index contributed by atoms with van der Waals surface area (Å²) in [6, 6.07) is 0. The Hall–Kier alpha value is -1.72. The third-order valence-corrected chi connectivity index (χ3v) is 1.56. The van der Waals surface area contributed by atoms with Gasteiger partial charge in [0.05, 0.1) is 13.7 Å². The maximum atomic E-state index is 10.9. The van der Waals surface area contributed by atoms with E-state index in [4.69, 9.17) is 4.74 Å². The summed E-state index contributed by atoms with van der Waals surface area (Å²) in [7, 11) is 1.27. The minimum atomic E-state index is -0.473. The van der Waals surface area contributed by atoms with E-state index in [1.165, 1.54) is 24.5 Å². The number of hydrogen-bond acceptors (Lipinski definition) is 5. The molecule has 0 aromatic heterocycles. The van der Waals surface area contributed by atoms with Gasteiger partial charge in [-0.25, -0.2) is 9.59 Å². The summed E-state index contributed by atoms with van der Waals surface area (Å²) in [6.07, 6.45) is 2.25. The number of hydrogen-bond donors (Lipinski definition) is 0. The first-order valence-electron chi connectivity index (χ1n) is 4.02. The molecule has 0 aromatic carbocycles. The molecule has 0 aromatic rings. The first-order valence-corrected chi connectivity index (χ1v) is 4.02. The van der Waals surface area contributed by atoms with Crippen LogP contribution in [0.4, 0.5) is 4.79 Å². The van der Waals surface area contributed by atoms with Crippen LogP contribution in [0, 0.1) is 0 Å². The second kappa shape index (κ2) is 5.11. The number of amides is 1. The largest absolute Gasteiger partial charge is 0.488 e. The fourth-order valence-electron chi connectivity index (χ4n) is 0.832. The summed E-state index contributed by atoms with van der Waals surface area (Å²) in [6.45, 7) is 0.701. The predicted molar refractivity (Wildman–Crippen MR) is 45.2 cm³/mol. The summed E-state index contributed by atoms with van der Waals surface area (Å²) in [5, 5.41) is 0. The molecule has 1 aliphatic heterocycles. The monoisotopic (exact) mass is 201 g/mol. The van der Waals surface area contributed by atoms with E-state index < -0.39 is 12.1 Å². The number of methoxy groups -OCH3 is 1. The number of ether oxygens (including phenoxy) is 3. The SMILES string of the molecule is COC(=O)COC=CN1CCOC1=O. The summed E-state index contributed by atoms with van der Waals surface area (Å²) < 4.78 is 13.8. The van der Waals surface area contributed by atoms with Crippen molar-refractivity contribution < 1.29 is 23.8 Å². The summed E-state index contributed by atoms with van der Waals surface area (Å²) in [5.41, 5.74) is 0. The van der Waals surface area contributed by atoms with Crippen LogP contribution in [0.15, 0.2) is 12.5 Å². The lowest BCUT2D eigenvalue weighted by atomic mass is 10.6. The molecule has 78 valence electrons. The third-order valence-electron chi connectivity index (χ3n) is 1.56. The highest BCUT2D eigenvalue weighted by Gasteiger charge is 2.18. The van der Waals surface area contributed by atoms with Crippen molar-refractivity contribution in [1.82, 2.24) is 4.90 Å². The fraction of sp³-hybridized carbons (Fsp3) is 0.500. The van der Waals surface area contributed by atoms with E-state index in [2.05, 4.69) is 9.47 Å². The highest BCUT2D eigenvalue weighted by Crippen LogP contribution is 2.03. The van der Waals surface area contributed by atoms with Crippen molar-refractivity contribution in [1.29, 1.82) is 0 Å². The minimum Gasteiger partial charge on any atom is -0.488 e. The van der Waals surface area contributed by atoms with Crippen LogP contribution in [0.25, 0.3) is 0 Å². The van der Waals surface area contributed by atoms with Crippen molar-refractivity contribution in [3.8, 4) is 0 Å². The summed E-state index contributed by atoms with van der Waals surface area (Å²) in [4.78, 5) is 22.8. The molecule has 6 nitrogen and oxygen atoms in total. The van der Waals surface area contributed by atoms with E-state index in [0.717, 1.165) is 0 Å². The molecule has 0 bridgehead atoms. The first kappa shape index (κ1) is 10.4. The van der Waals surface area contributed by atoms with E-state index in [1.54, 1.807) is 0 Å². The van der Waals surface area contributed by atoms with Crippen molar-refractivity contribution in [2.24, 2.45) is 0 Å². The van der Waals surface area contributed by atoms with E-state index >= 15 is 0 Å². The van der Waals surface area contributed by atoms with Gasteiger partial charge in [0.15, 0.2) is 6.61 Å². The molecule has 1 amide bonds. The van der Waals surface area contributed by atoms with Crippen molar-refractivity contribution in [3.63, 3.8) is 0 Å². The zero-order valence-corrected chi connectivity index (χ0v) is 7.76. The van der Waals surface area contributed by atoms with Gasteiger partial charge in [-0.3, -0.25) is 4.90 Å². The van der Waals surface area contributed by atoms with Gasteiger partial charge in [-0.05, 0) is 0 Å². The summed E-state index contributed by atoms with van der Waals surface area (Å²) in [5.74, 6) is -0.473. The number of carbonyl (C=O) groups is 2. The Kier molecular flexibility index (Phi) is 3.78. The molecular formula is C8H11NO5. The van der Waals surface area contributed by atoms with Gasteiger partial charge in [0.2, 0.25) is 0 Å². The normalized spacial score (nSPS) is 15.8. The molecule has 0 saturated carbocycles. The Balaban J connectivity index is 2.20. The van der Waals surface area contributed by atoms with Crippen LogP contribution in [-0.2, 0) is 19.0 Å². The lowest BCUT2D eigenvalue weighted by Gasteiger charge is -2.04. The molecule has 6 heteroatoms. The maximum Gasteiger partial charge on any atom is 0.414 e. The molecule has 1 heterocycles. The quantitative estimate of drug-likeness (QED) is 0.476. The molecule has 1 fully saturated rings. The topological polar surface area (TPSA) is 65.1 Å². The second-order valence-corrected chi connectivity index (χ2v) is 2.48. The molecule has 0 aliphatic carbocycles. The molecule has 0 spiro atoms. The van der Waals surface area contributed by atoms with Gasteiger partial charge in [-0.1, -0.05) is 0 Å².